The number of ether oxygens (including phenoxy) is 1. The number of carbonyl (C=O) groups is 2. The van der Waals surface area contributed by atoms with E-state index in [1.165, 1.54) is 11.8 Å². The Morgan fingerprint density at radius 3 is 2.33 bits per heavy atom. The molecule has 0 bridgehead atoms. The van der Waals surface area contributed by atoms with E-state index in [2.05, 4.69) is 10.3 Å². The Bertz CT molecular complexity index is 1120. The number of thioether (sulfide) groups is 1. The fourth-order valence-electron chi connectivity index (χ4n) is 3.34. The largest absolute Gasteiger partial charge is 0.494 e. The standard InChI is InChI=1S/C26H25N3O3S/c1-2-17-32-22-15-13-20(14-16-22)27-24(30)18-23-25(31)29(21-11-7-4-8-12-21)26(33-23)28-19-9-5-3-6-10-19/h3-16,23H,2,17-18H2,1H3,(H,27,30)/t23-/m1/s1. The molecule has 1 heterocycles. The summed E-state index contributed by atoms with van der Waals surface area (Å²) in [6.07, 6.45) is 0.982. The van der Waals surface area contributed by atoms with Crippen molar-refractivity contribution < 1.29 is 14.3 Å². The third-order valence-corrected chi connectivity index (χ3v) is 6.05. The molecule has 168 valence electrons. The topological polar surface area (TPSA) is 71.0 Å². The first kappa shape index (κ1) is 22.6. The van der Waals surface area contributed by atoms with Gasteiger partial charge in [0, 0.05) is 12.1 Å². The molecule has 1 aliphatic heterocycles. The lowest BCUT2D eigenvalue weighted by Crippen LogP contribution is -2.33. The van der Waals surface area contributed by atoms with E-state index < -0.39 is 5.25 Å². The van der Waals surface area contributed by atoms with E-state index in [9.17, 15) is 9.59 Å². The average molecular weight is 460 g/mol. The summed E-state index contributed by atoms with van der Waals surface area (Å²) >= 11 is 1.31. The lowest BCUT2D eigenvalue weighted by Gasteiger charge is -2.16. The molecule has 1 saturated heterocycles. The lowest BCUT2D eigenvalue weighted by atomic mass is 10.2. The van der Waals surface area contributed by atoms with Crippen LogP contribution in [0.4, 0.5) is 17.1 Å². The minimum absolute atomic E-state index is 0.0503. The van der Waals surface area contributed by atoms with Gasteiger partial charge in [-0.1, -0.05) is 55.1 Å². The van der Waals surface area contributed by atoms with Crippen molar-refractivity contribution in [2.24, 2.45) is 4.99 Å². The number of hydrogen-bond acceptors (Lipinski definition) is 5. The molecule has 0 radical (unpaired) electrons. The number of benzene rings is 3. The van der Waals surface area contributed by atoms with Crippen LogP contribution in [-0.2, 0) is 9.59 Å². The fourth-order valence-corrected chi connectivity index (χ4v) is 4.49. The van der Waals surface area contributed by atoms with Crippen molar-refractivity contribution in [3.05, 3.63) is 84.9 Å². The number of nitrogens with one attached hydrogen (secondary N) is 1. The number of amidine groups is 1. The number of aliphatic imine (C=N–C) groups is 1. The molecule has 7 heteroatoms. The molecule has 3 aromatic rings. The zero-order chi connectivity index (χ0) is 23.0. The normalized spacial score (nSPS) is 16.8. The van der Waals surface area contributed by atoms with Gasteiger partial charge >= 0.3 is 0 Å². The van der Waals surface area contributed by atoms with Gasteiger partial charge in [-0.3, -0.25) is 14.5 Å². The van der Waals surface area contributed by atoms with E-state index in [0.717, 1.165) is 23.5 Å². The van der Waals surface area contributed by atoms with Crippen LogP contribution in [0, 0.1) is 0 Å². The van der Waals surface area contributed by atoms with Crippen molar-refractivity contribution in [1.29, 1.82) is 0 Å². The molecule has 33 heavy (non-hydrogen) atoms. The van der Waals surface area contributed by atoms with Crippen LogP contribution in [0.25, 0.3) is 0 Å². The molecule has 2 amide bonds. The minimum Gasteiger partial charge on any atom is -0.494 e. The van der Waals surface area contributed by atoms with Crippen LogP contribution in [0.1, 0.15) is 19.8 Å². The maximum atomic E-state index is 13.3. The summed E-state index contributed by atoms with van der Waals surface area (Å²) in [4.78, 5) is 32.3. The van der Waals surface area contributed by atoms with Crippen molar-refractivity contribution in [2.75, 3.05) is 16.8 Å². The van der Waals surface area contributed by atoms with Gasteiger partial charge < -0.3 is 10.1 Å². The zero-order valence-electron chi connectivity index (χ0n) is 18.3. The lowest BCUT2D eigenvalue weighted by molar-refractivity contribution is -0.121. The maximum absolute atomic E-state index is 13.3. The molecule has 0 unspecified atom stereocenters. The molecule has 3 aromatic carbocycles. The highest BCUT2D eigenvalue weighted by atomic mass is 32.2. The maximum Gasteiger partial charge on any atom is 0.247 e. The van der Waals surface area contributed by atoms with Crippen LogP contribution in [0.3, 0.4) is 0 Å². The van der Waals surface area contributed by atoms with Crippen LogP contribution in [0.5, 0.6) is 5.75 Å². The highest BCUT2D eigenvalue weighted by Crippen LogP contribution is 2.35. The van der Waals surface area contributed by atoms with Crippen molar-refractivity contribution in [3.8, 4) is 5.75 Å². The first-order chi connectivity index (χ1) is 16.1. The predicted molar refractivity (Wildman–Crippen MR) is 134 cm³/mol. The third-order valence-electron chi connectivity index (χ3n) is 4.91. The van der Waals surface area contributed by atoms with E-state index in [-0.39, 0.29) is 18.2 Å². The van der Waals surface area contributed by atoms with Gasteiger partial charge in [0.1, 0.15) is 11.0 Å². The van der Waals surface area contributed by atoms with E-state index in [1.807, 2.05) is 79.7 Å². The first-order valence-electron chi connectivity index (χ1n) is 10.9. The van der Waals surface area contributed by atoms with Gasteiger partial charge in [0.2, 0.25) is 11.8 Å². The molecule has 1 fully saturated rings. The third kappa shape index (κ3) is 5.81. The number of carbonyl (C=O) groups excluding carboxylic acids is 2. The Morgan fingerprint density at radius 2 is 1.67 bits per heavy atom. The Morgan fingerprint density at radius 1 is 1.00 bits per heavy atom. The van der Waals surface area contributed by atoms with Gasteiger partial charge in [0.25, 0.3) is 0 Å². The molecule has 0 aromatic heterocycles. The summed E-state index contributed by atoms with van der Waals surface area (Å²) in [7, 11) is 0. The smallest absolute Gasteiger partial charge is 0.247 e. The fraction of sp³-hybridized carbons (Fsp3) is 0.192. The molecule has 4 rings (SSSR count). The second kappa shape index (κ2) is 10.8. The van der Waals surface area contributed by atoms with E-state index in [1.54, 1.807) is 17.0 Å². The van der Waals surface area contributed by atoms with Crippen molar-refractivity contribution in [2.45, 2.75) is 25.0 Å². The quantitative estimate of drug-likeness (QED) is 0.473. The molecular formula is C26H25N3O3S. The van der Waals surface area contributed by atoms with Crippen LogP contribution >= 0.6 is 11.8 Å². The van der Waals surface area contributed by atoms with Crippen molar-refractivity contribution >= 4 is 45.8 Å². The Hall–Kier alpha value is -3.58. The summed E-state index contributed by atoms with van der Waals surface area (Å²) < 4.78 is 5.57. The van der Waals surface area contributed by atoms with E-state index in [4.69, 9.17) is 4.74 Å². The molecular weight excluding hydrogens is 434 g/mol. The van der Waals surface area contributed by atoms with Crippen LogP contribution in [0.2, 0.25) is 0 Å². The average Bonchev–Trinajstić information content (AvgIpc) is 3.14. The summed E-state index contributed by atoms with van der Waals surface area (Å²) in [6.45, 7) is 2.70. The molecule has 0 saturated carbocycles. The minimum atomic E-state index is -0.556. The molecule has 1 atom stereocenters. The number of rotatable bonds is 8. The highest BCUT2D eigenvalue weighted by Gasteiger charge is 2.40. The molecule has 1 aliphatic rings. The second-order valence-corrected chi connectivity index (χ2v) is 8.64. The van der Waals surface area contributed by atoms with Crippen molar-refractivity contribution in [3.63, 3.8) is 0 Å². The first-order valence-corrected chi connectivity index (χ1v) is 11.7. The number of para-hydroxylation sites is 2. The van der Waals surface area contributed by atoms with E-state index >= 15 is 0 Å². The van der Waals surface area contributed by atoms with Crippen LogP contribution < -0.4 is 15.0 Å². The summed E-state index contributed by atoms with van der Waals surface area (Å²) in [5.74, 6) is 0.382. The van der Waals surface area contributed by atoms with E-state index in [0.29, 0.717) is 17.5 Å². The van der Waals surface area contributed by atoms with Crippen LogP contribution in [-0.4, -0.2) is 28.8 Å². The van der Waals surface area contributed by atoms with Gasteiger partial charge in [-0.05, 0) is 55.0 Å². The van der Waals surface area contributed by atoms with Gasteiger partial charge in [-0.15, -0.1) is 0 Å². The number of nitrogens with zero attached hydrogens (tertiary/aromatic N) is 2. The van der Waals surface area contributed by atoms with Crippen molar-refractivity contribution in [1.82, 2.24) is 0 Å². The summed E-state index contributed by atoms with van der Waals surface area (Å²) in [5.41, 5.74) is 2.15. The predicted octanol–water partition coefficient (Wildman–Crippen LogP) is 5.64. The number of anilines is 2. The van der Waals surface area contributed by atoms with Gasteiger partial charge in [-0.2, -0.15) is 0 Å². The second-order valence-electron chi connectivity index (χ2n) is 7.47. The SMILES string of the molecule is CCCOc1ccc(NC(=O)C[C@H]2SC(=Nc3ccccc3)N(c3ccccc3)C2=O)cc1. The molecule has 6 nitrogen and oxygen atoms in total. The Balaban J connectivity index is 1.48. The van der Waals surface area contributed by atoms with Crippen LogP contribution in [0.15, 0.2) is 89.9 Å². The zero-order valence-corrected chi connectivity index (χ0v) is 19.1. The molecule has 0 aliphatic carbocycles. The Labute approximate surface area is 197 Å². The molecule has 1 N–H and O–H groups in total. The van der Waals surface area contributed by atoms with Gasteiger partial charge in [0.15, 0.2) is 5.17 Å². The highest BCUT2D eigenvalue weighted by molar-refractivity contribution is 8.16. The van der Waals surface area contributed by atoms with Gasteiger partial charge in [0.05, 0.1) is 18.0 Å². The summed E-state index contributed by atoms with van der Waals surface area (Å²) in [5, 5.41) is 2.88. The Kier molecular flexibility index (Phi) is 7.42. The summed E-state index contributed by atoms with van der Waals surface area (Å²) in [6, 6.07) is 26.1. The molecule has 0 spiro atoms. The number of hydrogen-bond donors (Lipinski definition) is 1. The number of amides is 2. The van der Waals surface area contributed by atoms with Gasteiger partial charge in [-0.25, -0.2) is 4.99 Å². The monoisotopic (exact) mass is 459 g/mol.